The molecule has 0 heterocycles. The van der Waals surface area contributed by atoms with E-state index in [9.17, 15) is 0 Å². The second-order valence-electron chi connectivity index (χ2n) is 17.4. The molecule has 10 aromatic carbocycles. The highest BCUT2D eigenvalue weighted by molar-refractivity contribution is 6.30. The Balaban J connectivity index is 1.31. The van der Waals surface area contributed by atoms with Crippen LogP contribution in [-0.4, -0.2) is 0 Å². The van der Waals surface area contributed by atoms with Crippen LogP contribution < -0.4 is 9.80 Å². The lowest BCUT2D eigenvalue weighted by Crippen LogP contribution is -2.13. The van der Waals surface area contributed by atoms with Crippen LogP contribution in [0.3, 0.4) is 0 Å². The maximum Gasteiger partial charge on any atom is 0.0540 e. The molecule has 0 saturated carbocycles. The molecular formula is C60H52N2. The number of aryl methyl sites for hydroxylation is 2. The molecule has 0 spiro atoms. The topological polar surface area (TPSA) is 6.48 Å². The number of benzene rings is 10. The predicted molar refractivity (Wildman–Crippen MR) is 268 cm³/mol. The zero-order valence-electron chi connectivity index (χ0n) is 36.5. The third kappa shape index (κ3) is 6.77. The van der Waals surface area contributed by atoms with E-state index in [0.717, 1.165) is 11.4 Å². The Morgan fingerprint density at radius 1 is 0.306 bits per heavy atom. The van der Waals surface area contributed by atoms with Gasteiger partial charge in [0.15, 0.2) is 0 Å². The number of para-hydroxylation sites is 2. The number of hydrogen-bond acceptors (Lipinski definition) is 2. The molecule has 0 N–H and O–H groups in total. The van der Waals surface area contributed by atoms with Crippen LogP contribution in [0.1, 0.15) is 61.8 Å². The van der Waals surface area contributed by atoms with E-state index in [0.29, 0.717) is 11.8 Å². The molecule has 0 aliphatic carbocycles. The molecule has 0 unspecified atom stereocenters. The van der Waals surface area contributed by atoms with Crippen molar-refractivity contribution in [3.05, 3.63) is 216 Å². The second kappa shape index (κ2) is 16.0. The Morgan fingerprint density at radius 2 is 0.677 bits per heavy atom. The maximum atomic E-state index is 2.52. The van der Waals surface area contributed by atoms with Crippen LogP contribution in [0.2, 0.25) is 0 Å². The lowest BCUT2D eigenvalue weighted by atomic mass is 9.83. The Morgan fingerprint density at radius 3 is 1.06 bits per heavy atom. The average Bonchev–Trinajstić information content (AvgIpc) is 3.30. The van der Waals surface area contributed by atoms with Gasteiger partial charge in [-0.3, -0.25) is 0 Å². The summed E-state index contributed by atoms with van der Waals surface area (Å²) < 4.78 is 0. The number of nitrogens with zero attached hydrogens (tertiary/aromatic N) is 2. The van der Waals surface area contributed by atoms with Crippen LogP contribution in [0.4, 0.5) is 34.1 Å². The minimum atomic E-state index is 0.299. The van der Waals surface area contributed by atoms with Crippen LogP contribution in [0.15, 0.2) is 194 Å². The van der Waals surface area contributed by atoms with E-state index in [2.05, 4.69) is 245 Å². The summed E-state index contributed by atoms with van der Waals surface area (Å²) in [5.41, 5.74) is 17.0. The summed E-state index contributed by atoms with van der Waals surface area (Å²) in [5.74, 6) is 0.599. The standard InChI is InChI=1S/C60H52N2/c1-39(2)51-37-53-57(61(55-29-15-13-19-41(55)5)47-27-17-25-45(35-47)43-21-9-7-10-22-43)34-32-50-52(40(3)4)38-54-58(33-31-49(51)59(54)60(50)53)62(56-30-16-14-20-42(56)6)48-28-18-26-46(36-48)44-23-11-8-12-24-44/h7-40H,1-6H3. The molecule has 302 valence electrons. The maximum absolute atomic E-state index is 2.52. The van der Waals surface area contributed by atoms with Gasteiger partial charge in [-0.1, -0.05) is 161 Å². The van der Waals surface area contributed by atoms with Gasteiger partial charge in [0.05, 0.1) is 11.4 Å². The first-order valence-electron chi connectivity index (χ1n) is 22.1. The smallest absolute Gasteiger partial charge is 0.0540 e. The van der Waals surface area contributed by atoms with Gasteiger partial charge in [0, 0.05) is 33.5 Å². The second-order valence-corrected chi connectivity index (χ2v) is 17.4. The van der Waals surface area contributed by atoms with Gasteiger partial charge in [-0.05, 0) is 152 Å². The molecule has 0 aliphatic rings. The summed E-state index contributed by atoms with van der Waals surface area (Å²) in [6.45, 7) is 13.8. The minimum Gasteiger partial charge on any atom is -0.310 e. The van der Waals surface area contributed by atoms with Crippen molar-refractivity contribution in [2.24, 2.45) is 0 Å². The van der Waals surface area contributed by atoms with E-state index >= 15 is 0 Å². The van der Waals surface area contributed by atoms with Gasteiger partial charge in [-0.2, -0.15) is 0 Å². The van der Waals surface area contributed by atoms with Crippen LogP contribution in [0.25, 0.3) is 54.6 Å². The van der Waals surface area contributed by atoms with E-state index in [4.69, 9.17) is 0 Å². The van der Waals surface area contributed by atoms with Crippen molar-refractivity contribution in [3.8, 4) is 22.3 Å². The number of rotatable bonds is 10. The summed E-state index contributed by atoms with van der Waals surface area (Å²) in [5, 5.41) is 7.83. The molecule has 0 radical (unpaired) electrons. The van der Waals surface area contributed by atoms with E-state index < -0.39 is 0 Å². The molecule has 0 fully saturated rings. The van der Waals surface area contributed by atoms with Crippen LogP contribution in [0, 0.1) is 13.8 Å². The van der Waals surface area contributed by atoms with Gasteiger partial charge in [-0.15, -0.1) is 0 Å². The lowest BCUT2D eigenvalue weighted by molar-refractivity contribution is 0.876. The molecule has 0 aliphatic heterocycles. The molecular weight excluding hydrogens is 749 g/mol. The van der Waals surface area contributed by atoms with Crippen LogP contribution in [-0.2, 0) is 0 Å². The average molecular weight is 801 g/mol. The van der Waals surface area contributed by atoms with Crippen molar-refractivity contribution in [3.63, 3.8) is 0 Å². The summed E-state index contributed by atoms with van der Waals surface area (Å²) >= 11 is 0. The molecule has 10 aromatic rings. The van der Waals surface area contributed by atoms with E-state index in [1.54, 1.807) is 0 Å². The van der Waals surface area contributed by atoms with Crippen LogP contribution in [0.5, 0.6) is 0 Å². The Kier molecular flexibility index (Phi) is 10.1. The summed E-state index contributed by atoms with van der Waals surface area (Å²) in [4.78, 5) is 5.00. The largest absolute Gasteiger partial charge is 0.310 e. The van der Waals surface area contributed by atoms with Gasteiger partial charge in [0.25, 0.3) is 0 Å². The van der Waals surface area contributed by atoms with Crippen molar-refractivity contribution in [2.45, 2.75) is 53.4 Å². The van der Waals surface area contributed by atoms with Crippen LogP contribution >= 0.6 is 0 Å². The fourth-order valence-electron chi connectivity index (χ4n) is 9.70. The Labute approximate surface area is 366 Å². The summed E-state index contributed by atoms with van der Waals surface area (Å²) in [6, 6.07) is 71.8. The first kappa shape index (κ1) is 39.0. The highest BCUT2D eigenvalue weighted by Gasteiger charge is 2.27. The highest BCUT2D eigenvalue weighted by Crippen LogP contribution is 2.51. The van der Waals surface area contributed by atoms with Gasteiger partial charge in [0.2, 0.25) is 0 Å². The first-order chi connectivity index (χ1) is 30.3. The van der Waals surface area contributed by atoms with E-state index in [1.807, 2.05) is 0 Å². The summed E-state index contributed by atoms with van der Waals surface area (Å²) in [7, 11) is 0. The monoisotopic (exact) mass is 800 g/mol. The van der Waals surface area contributed by atoms with Crippen molar-refractivity contribution >= 4 is 66.4 Å². The van der Waals surface area contributed by atoms with Gasteiger partial charge >= 0.3 is 0 Å². The third-order valence-electron chi connectivity index (χ3n) is 12.8. The lowest BCUT2D eigenvalue weighted by Gasteiger charge is -2.32. The molecule has 0 aromatic heterocycles. The quantitative estimate of drug-likeness (QED) is 0.127. The SMILES string of the molecule is Cc1ccccc1N(c1cccc(-c2ccccc2)c1)c1ccc2c(C(C)C)cc3c(N(c4cccc(-c5ccccc5)c4)c4ccccc4C)ccc4c(C(C)C)cc1c2c43. The van der Waals surface area contributed by atoms with Crippen molar-refractivity contribution < 1.29 is 0 Å². The van der Waals surface area contributed by atoms with E-state index in [1.165, 1.54) is 99.6 Å². The first-order valence-corrected chi connectivity index (χ1v) is 22.1. The molecule has 0 atom stereocenters. The summed E-state index contributed by atoms with van der Waals surface area (Å²) in [6.07, 6.45) is 0. The van der Waals surface area contributed by atoms with Crippen molar-refractivity contribution in [1.82, 2.24) is 0 Å². The normalized spacial score (nSPS) is 11.7. The predicted octanol–water partition coefficient (Wildman–Crippen LogP) is 17.7. The zero-order chi connectivity index (χ0) is 42.5. The van der Waals surface area contributed by atoms with Crippen molar-refractivity contribution in [1.29, 1.82) is 0 Å². The molecule has 62 heavy (non-hydrogen) atoms. The fourth-order valence-corrected chi connectivity index (χ4v) is 9.70. The van der Waals surface area contributed by atoms with Crippen molar-refractivity contribution in [2.75, 3.05) is 9.80 Å². The Bertz CT molecular complexity index is 3000. The molecule has 2 nitrogen and oxygen atoms in total. The zero-order valence-corrected chi connectivity index (χ0v) is 36.5. The number of anilines is 6. The Hall–Kier alpha value is -7.16. The molecule has 0 bridgehead atoms. The number of hydrogen-bond donors (Lipinski definition) is 0. The minimum absolute atomic E-state index is 0.299. The molecule has 0 amide bonds. The highest BCUT2D eigenvalue weighted by atomic mass is 15.2. The fraction of sp³-hybridized carbons (Fsp3) is 0.133. The molecule has 10 rings (SSSR count). The van der Waals surface area contributed by atoms with E-state index in [-0.39, 0.29) is 0 Å². The van der Waals surface area contributed by atoms with Gasteiger partial charge in [0.1, 0.15) is 0 Å². The van der Waals surface area contributed by atoms with Gasteiger partial charge in [-0.25, -0.2) is 0 Å². The third-order valence-corrected chi connectivity index (χ3v) is 12.8. The molecule has 0 saturated heterocycles. The van der Waals surface area contributed by atoms with Gasteiger partial charge < -0.3 is 9.80 Å². The molecule has 2 heteroatoms.